The van der Waals surface area contributed by atoms with Crippen LogP contribution < -0.4 is 0 Å². The third-order valence-electron chi connectivity index (χ3n) is 7.39. The highest BCUT2D eigenvalue weighted by Crippen LogP contribution is 2.36. The fourth-order valence-electron chi connectivity index (χ4n) is 5.60. The topological polar surface area (TPSA) is 85.2 Å². The lowest BCUT2D eigenvalue weighted by Crippen LogP contribution is -2.45. The average molecular weight is 427 g/mol. The molecule has 6 nitrogen and oxygen atoms in total. The molecule has 3 fully saturated rings. The molecule has 30 heavy (non-hydrogen) atoms. The summed E-state index contributed by atoms with van der Waals surface area (Å²) in [6, 6.07) is 0. The Bertz CT molecular complexity index is 472. The molecule has 174 valence electrons. The molecule has 0 aromatic heterocycles. The Balaban J connectivity index is 1.42. The van der Waals surface area contributed by atoms with Crippen molar-refractivity contribution in [3.63, 3.8) is 0 Å². The Morgan fingerprint density at radius 3 is 1.93 bits per heavy atom. The molecule has 3 rings (SSSR count). The van der Waals surface area contributed by atoms with Crippen LogP contribution in [0.1, 0.15) is 77.0 Å². The summed E-state index contributed by atoms with van der Waals surface area (Å²) in [4.78, 5) is 12.7. The minimum atomic E-state index is -0.263. The molecule has 0 spiro atoms. The van der Waals surface area contributed by atoms with Crippen molar-refractivity contribution < 1.29 is 29.2 Å². The molecule has 2 N–H and O–H groups in total. The zero-order valence-electron chi connectivity index (χ0n) is 18.5. The molecule has 0 bridgehead atoms. The normalized spacial score (nSPS) is 31.5. The highest BCUT2D eigenvalue weighted by Gasteiger charge is 2.41. The summed E-state index contributed by atoms with van der Waals surface area (Å²) in [5, 5.41) is 19.8. The maximum Gasteiger partial charge on any atom is 0.308 e. The van der Waals surface area contributed by atoms with Gasteiger partial charge in [-0.05, 0) is 44.4 Å². The van der Waals surface area contributed by atoms with Gasteiger partial charge in [0.15, 0.2) is 0 Å². The standard InChI is InChI=1S/C24H42O6/c25-15-20-13-19(24(27)30-17-18-7-3-1-4-8-18)14-21(16-26)23(20)29-12-11-28-22-9-5-2-6-10-22/h18-23,25-26H,1-17H2. The van der Waals surface area contributed by atoms with E-state index in [0.29, 0.717) is 44.7 Å². The second-order valence-electron chi connectivity index (χ2n) is 9.65. The maximum atomic E-state index is 12.7. The molecule has 0 aromatic carbocycles. The molecular formula is C24H42O6. The summed E-state index contributed by atoms with van der Waals surface area (Å²) in [6.07, 6.45) is 13.3. The van der Waals surface area contributed by atoms with Gasteiger partial charge in [0.25, 0.3) is 0 Å². The Morgan fingerprint density at radius 2 is 1.33 bits per heavy atom. The van der Waals surface area contributed by atoms with Crippen LogP contribution in [0.2, 0.25) is 0 Å². The van der Waals surface area contributed by atoms with Gasteiger partial charge in [0.1, 0.15) is 0 Å². The predicted octanol–water partition coefficient (Wildman–Crippen LogP) is 3.47. The van der Waals surface area contributed by atoms with Crippen LogP contribution in [0.25, 0.3) is 0 Å². The molecule has 0 heterocycles. The van der Waals surface area contributed by atoms with Crippen LogP contribution in [-0.4, -0.2) is 61.4 Å². The van der Waals surface area contributed by atoms with Crippen LogP contribution in [-0.2, 0) is 19.0 Å². The lowest BCUT2D eigenvalue weighted by atomic mass is 9.73. The number of hydrogen-bond acceptors (Lipinski definition) is 6. The molecule has 3 aliphatic carbocycles. The highest BCUT2D eigenvalue weighted by molar-refractivity contribution is 5.72. The third-order valence-corrected chi connectivity index (χ3v) is 7.39. The number of carbonyl (C=O) groups excluding carboxylic acids is 1. The van der Waals surface area contributed by atoms with E-state index in [9.17, 15) is 15.0 Å². The van der Waals surface area contributed by atoms with Crippen molar-refractivity contribution in [2.45, 2.75) is 89.3 Å². The van der Waals surface area contributed by atoms with Gasteiger partial charge >= 0.3 is 5.97 Å². The molecule has 0 amide bonds. The van der Waals surface area contributed by atoms with E-state index in [1.54, 1.807) is 0 Å². The summed E-state index contributed by atoms with van der Waals surface area (Å²) in [7, 11) is 0. The summed E-state index contributed by atoms with van der Waals surface area (Å²) < 4.78 is 17.6. The number of carbonyl (C=O) groups is 1. The first kappa shape index (κ1) is 24.0. The summed E-state index contributed by atoms with van der Waals surface area (Å²) in [6.45, 7) is 1.44. The van der Waals surface area contributed by atoms with Gasteiger partial charge in [0.05, 0.1) is 37.9 Å². The van der Waals surface area contributed by atoms with Gasteiger partial charge < -0.3 is 24.4 Å². The van der Waals surface area contributed by atoms with Gasteiger partial charge in [0.2, 0.25) is 0 Å². The summed E-state index contributed by atoms with van der Waals surface area (Å²) in [5.41, 5.74) is 0. The summed E-state index contributed by atoms with van der Waals surface area (Å²) in [5.74, 6) is -0.248. The van der Waals surface area contributed by atoms with E-state index < -0.39 is 0 Å². The number of esters is 1. The molecule has 3 aliphatic rings. The summed E-state index contributed by atoms with van der Waals surface area (Å²) >= 11 is 0. The SMILES string of the molecule is O=C(OCC1CCCCC1)C1CC(CO)C(OCCOC2CCCCC2)C(CO)C1. The number of aliphatic hydroxyl groups excluding tert-OH is 2. The van der Waals surface area contributed by atoms with Crippen molar-refractivity contribution in [1.82, 2.24) is 0 Å². The smallest absolute Gasteiger partial charge is 0.308 e. The molecule has 0 radical (unpaired) electrons. The lowest BCUT2D eigenvalue weighted by Gasteiger charge is -2.39. The van der Waals surface area contributed by atoms with Crippen molar-refractivity contribution >= 4 is 5.97 Å². The molecular weight excluding hydrogens is 384 g/mol. The first-order chi connectivity index (χ1) is 14.7. The fraction of sp³-hybridized carbons (Fsp3) is 0.958. The number of aliphatic hydroxyl groups is 2. The maximum absolute atomic E-state index is 12.7. The van der Waals surface area contributed by atoms with E-state index in [0.717, 1.165) is 25.7 Å². The van der Waals surface area contributed by atoms with Crippen molar-refractivity contribution in [3.05, 3.63) is 0 Å². The van der Waals surface area contributed by atoms with E-state index in [1.165, 1.54) is 38.5 Å². The molecule has 0 aromatic rings. The number of rotatable bonds is 10. The number of ether oxygens (including phenoxy) is 3. The molecule has 2 unspecified atom stereocenters. The molecule has 0 saturated heterocycles. The van der Waals surface area contributed by atoms with Crippen molar-refractivity contribution in [2.24, 2.45) is 23.7 Å². The molecule has 3 saturated carbocycles. The van der Waals surface area contributed by atoms with Crippen molar-refractivity contribution in [3.8, 4) is 0 Å². The van der Waals surface area contributed by atoms with Crippen molar-refractivity contribution in [2.75, 3.05) is 33.0 Å². The Labute approximate surface area is 181 Å². The van der Waals surface area contributed by atoms with Crippen LogP contribution in [0.4, 0.5) is 0 Å². The highest BCUT2D eigenvalue weighted by atomic mass is 16.5. The largest absolute Gasteiger partial charge is 0.465 e. The van der Waals surface area contributed by atoms with Gasteiger partial charge in [-0.1, -0.05) is 38.5 Å². The average Bonchev–Trinajstić information content (AvgIpc) is 2.81. The lowest BCUT2D eigenvalue weighted by molar-refractivity contribution is -0.159. The fourth-order valence-corrected chi connectivity index (χ4v) is 5.60. The van der Waals surface area contributed by atoms with E-state index >= 15 is 0 Å². The second-order valence-corrected chi connectivity index (χ2v) is 9.65. The van der Waals surface area contributed by atoms with E-state index in [1.807, 2.05) is 0 Å². The molecule has 2 atom stereocenters. The van der Waals surface area contributed by atoms with Crippen LogP contribution >= 0.6 is 0 Å². The van der Waals surface area contributed by atoms with Crippen LogP contribution in [0, 0.1) is 23.7 Å². The van der Waals surface area contributed by atoms with E-state index in [4.69, 9.17) is 14.2 Å². The predicted molar refractivity (Wildman–Crippen MR) is 114 cm³/mol. The van der Waals surface area contributed by atoms with Crippen molar-refractivity contribution in [1.29, 1.82) is 0 Å². The number of hydrogen-bond donors (Lipinski definition) is 2. The van der Waals surface area contributed by atoms with Gasteiger partial charge in [-0.15, -0.1) is 0 Å². The Kier molecular flexibility index (Phi) is 10.4. The Hall–Kier alpha value is -0.690. The van der Waals surface area contributed by atoms with Gasteiger partial charge in [-0.25, -0.2) is 0 Å². The quantitative estimate of drug-likeness (QED) is 0.411. The minimum absolute atomic E-state index is 0.0446. The zero-order valence-corrected chi connectivity index (χ0v) is 18.5. The minimum Gasteiger partial charge on any atom is -0.465 e. The Morgan fingerprint density at radius 1 is 0.767 bits per heavy atom. The van der Waals surface area contributed by atoms with E-state index in [-0.39, 0.29) is 43.0 Å². The van der Waals surface area contributed by atoms with Crippen LogP contribution in [0.3, 0.4) is 0 Å². The monoisotopic (exact) mass is 426 g/mol. The van der Waals surface area contributed by atoms with Crippen LogP contribution in [0.15, 0.2) is 0 Å². The van der Waals surface area contributed by atoms with Gasteiger partial charge in [-0.2, -0.15) is 0 Å². The van der Waals surface area contributed by atoms with Gasteiger partial charge in [0, 0.05) is 25.0 Å². The first-order valence-electron chi connectivity index (χ1n) is 12.3. The first-order valence-corrected chi connectivity index (χ1v) is 12.3. The van der Waals surface area contributed by atoms with Gasteiger partial charge in [-0.3, -0.25) is 4.79 Å². The van der Waals surface area contributed by atoms with Crippen LogP contribution in [0.5, 0.6) is 0 Å². The second kappa shape index (κ2) is 13.0. The van der Waals surface area contributed by atoms with E-state index in [2.05, 4.69) is 0 Å². The zero-order chi connectivity index (χ0) is 21.2. The third kappa shape index (κ3) is 7.18. The molecule has 6 heteroatoms. The molecule has 0 aliphatic heterocycles.